The number of aromatic nitrogens is 1. The molecule has 0 bridgehead atoms. The summed E-state index contributed by atoms with van der Waals surface area (Å²) in [4.78, 5) is 12.7. The van der Waals surface area contributed by atoms with Crippen molar-refractivity contribution in [3.63, 3.8) is 0 Å². The number of hydrogen-bond acceptors (Lipinski definition) is 4. The van der Waals surface area contributed by atoms with Crippen LogP contribution in [0.4, 0.5) is 8.78 Å². The van der Waals surface area contributed by atoms with Crippen molar-refractivity contribution in [1.82, 2.24) is 4.57 Å². The molecular weight excluding hydrogens is 482 g/mol. The lowest BCUT2D eigenvalue weighted by atomic mass is 10.2. The van der Waals surface area contributed by atoms with Gasteiger partial charge in [-0.1, -0.05) is 12.1 Å². The average molecular weight is 499 g/mol. The van der Waals surface area contributed by atoms with Crippen LogP contribution < -0.4 is 15.4 Å². The first kappa shape index (κ1) is 22.1. The predicted octanol–water partition coefficient (Wildman–Crippen LogP) is 3.47. The summed E-state index contributed by atoms with van der Waals surface area (Å²) < 4.78 is 56.7. The van der Waals surface area contributed by atoms with Crippen LogP contribution in [0.2, 0.25) is 0 Å². The van der Waals surface area contributed by atoms with E-state index in [9.17, 15) is 22.0 Å². The number of aryl methyl sites for hydroxylation is 1. The lowest BCUT2D eigenvalue weighted by molar-refractivity contribution is 0.296. The second kappa shape index (κ2) is 8.66. The molecule has 0 atom stereocenters. The van der Waals surface area contributed by atoms with E-state index in [2.05, 4.69) is 15.9 Å². The van der Waals surface area contributed by atoms with E-state index in [1.165, 1.54) is 22.8 Å². The van der Waals surface area contributed by atoms with Crippen molar-refractivity contribution in [2.24, 2.45) is 5.14 Å². The van der Waals surface area contributed by atoms with Gasteiger partial charge in [-0.25, -0.2) is 22.3 Å². The second-order valence-electron chi connectivity index (χ2n) is 6.57. The lowest BCUT2D eigenvalue weighted by Gasteiger charge is -2.15. The van der Waals surface area contributed by atoms with Crippen molar-refractivity contribution < 1.29 is 21.9 Å². The zero-order chi connectivity index (χ0) is 22.1. The molecule has 0 spiro atoms. The number of ether oxygens (including phenoxy) is 1. The minimum atomic E-state index is -3.80. The number of nitrogens with zero attached hydrogens (tertiary/aromatic N) is 1. The third kappa shape index (κ3) is 4.94. The molecule has 0 saturated heterocycles. The predicted molar refractivity (Wildman–Crippen MR) is 111 cm³/mol. The summed E-state index contributed by atoms with van der Waals surface area (Å²) in [5.41, 5.74) is 1.05. The normalized spacial score (nSPS) is 11.5. The van der Waals surface area contributed by atoms with E-state index >= 15 is 0 Å². The molecule has 30 heavy (non-hydrogen) atoms. The highest BCUT2D eigenvalue weighted by molar-refractivity contribution is 9.10. The Morgan fingerprint density at radius 1 is 1.10 bits per heavy atom. The molecule has 1 aromatic heterocycles. The Hall–Kier alpha value is -2.56. The van der Waals surface area contributed by atoms with E-state index in [4.69, 9.17) is 9.88 Å². The smallest absolute Gasteiger partial charge is 0.269 e. The van der Waals surface area contributed by atoms with Crippen molar-refractivity contribution in [3.8, 4) is 5.75 Å². The van der Waals surface area contributed by atoms with Crippen LogP contribution in [0, 0.1) is 18.6 Å². The van der Waals surface area contributed by atoms with Gasteiger partial charge in [0.05, 0.1) is 11.4 Å². The number of sulfonamides is 1. The standard InChI is InChI=1S/C20H17BrF2N2O4S/c1-12-8-18(29-11-14-4-5-15(22)9-17(14)23)19(21)20(26)25(12)10-13-2-6-16(7-3-13)30(24,27)28/h2-9H,10-11H2,1H3,(H2,24,27,28). The quantitative estimate of drug-likeness (QED) is 0.563. The molecule has 0 fully saturated rings. The van der Waals surface area contributed by atoms with E-state index in [0.717, 1.165) is 12.1 Å². The molecule has 0 radical (unpaired) electrons. The molecule has 3 aromatic rings. The minimum absolute atomic E-state index is 0.0201. The molecule has 0 saturated carbocycles. The van der Waals surface area contributed by atoms with Gasteiger partial charge in [0.25, 0.3) is 5.56 Å². The van der Waals surface area contributed by atoms with E-state index in [1.807, 2.05) is 0 Å². The fraction of sp³-hybridized carbons (Fsp3) is 0.150. The molecule has 0 amide bonds. The van der Waals surface area contributed by atoms with Crippen LogP contribution in [-0.4, -0.2) is 13.0 Å². The molecule has 0 aliphatic carbocycles. The first-order valence-corrected chi connectivity index (χ1v) is 11.0. The number of primary sulfonamides is 1. The molecule has 2 N–H and O–H groups in total. The molecule has 6 nitrogen and oxygen atoms in total. The third-order valence-corrected chi connectivity index (χ3v) is 6.07. The Morgan fingerprint density at radius 3 is 2.37 bits per heavy atom. The monoisotopic (exact) mass is 498 g/mol. The summed E-state index contributed by atoms with van der Waals surface area (Å²) in [6.07, 6.45) is 0. The van der Waals surface area contributed by atoms with Crippen LogP contribution in [0.1, 0.15) is 16.8 Å². The van der Waals surface area contributed by atoms with Gasteiger partial charge in [-0.3, -0.25) is 4.79 Å². The SMILES string of the molecule is Cc1cc(OCc2ccc(F)cc2F)c(Br)c(=O)n1Cc1ccc(S(N)(=O)=O)cc1. The van der Waals surface area contributed by atoms with Gasteiger partial charge in [0, 0.05) is 23.4 Å². The Morgan fingerprint density at radius 2 is 1.77 bits per heavy atom. The van der Waals surface area contributed by atoms with Gasteiger partial charge in [0.15, 0.2) is 0 Å². The molecule has 2 aromatic carbocycles. The average Bonchev–Trinajstić information content (AvgIpc) is 2.68. The molecule has 10 heteroatoms. The maximum absolute atomic E-state index is 13.8. The highest BCUT2D eigenvalue weighted by atomic mass is 79.9. The molecule has 3 rings (SSSR count). The summed E-state index contributed by atoms with van der Waals surface area (Å²) in [6, 6.07) is 10.7. The minimum Gasteiger partial charge on any atom is -0.487 e. The van der Waals surface area contributed by atoms with Gasteiger partial charge >= 0.3 is 0 Å². The Kier molecular flexibility index (Phi) is 6.39. The topological polar surface area (TPSA) is 91.4 Å². The van der Waals surface area contributed by atoms with Crippen LogP contribution in [0.3, 0.4) is 0 Å². The zero-order valence-electron chi connectivity index (χ0n) is 15.7. The van der Waals surface area contributed by atoms with E-state index in [-0.39, 0.29) is 39.4 Å². The molecule has 158 valence electrons. The first-order chi connectivity index (χ1) is 14.1. The van der Waals surface area contributed by atoms with E-state index in [0.29, 0.717) is 11.3 Å². The van der Waals surface area contributed by atoms with Crippen LogP contribution in [-0.2, 0) is 23.2 Å². The molecule has 1 heterocycles. The van der Waals surface area contributed by atoms with E-state index in [1.54, 1.807) is 25.1 Å². The molecule has 0 unspecified atom stereocenters. The second-order valence-corrected chi connectivity index (χ2v) is 8.92. The summed E-state index contributed by atoms with van der Waals surface area (Å²) in [7, 11) is -3.80. The molecule has 0 aliphatic heterocycles. The van der Waals surface area contributed by atoms with Gasteiger partial charge in [-0.15, -0.1) is 0 Å². The Bertz CT molecular complexity index is 1260. The number of hydrogen-bond donors (Lipinski definition) is 1. The van der Waals surface area contributed by atoms with Crippen molar-refractivity contribution in [3.05, 3.63) is 91.8 Å². The van der Waals surface area contributed by atoms with Crippen molar-refractivity contribution in [1.29, 1.82) is 0 Å². The number of nitrogens with two attached hydrogens (primary N) is 1. The summed E-state index contributed by atoms with van der Waals surface area (Å²) in [6.45, 7) is 1.72. The Balaban J connectivity index is 1.83. The molecular formula is C20H17BrF2N2O4S. The highest BCUT2D eigenvalue weighted by Gasteiger charge is 2.14. The van der Waals surface area contributed by atoms with Crippen LogP contribution in [0.5, 0.6) is 5.75 Å². The van der Waals surface area contributed by atoms with Crippen molar-refractivity contribution >= 4 is 26.0 Å². The maximum Gasteiger partial charge on any atom is 0.269 e. The number of pyridine rings is 1. The number of halogens is 3. The first-order valence-electron chi connectivity index (χ1n) is 8.64. The maximum atomic E-state index is 13.8. The van der Waals surface area contributed by atoms with Crippen molar-refractivity contribution in [2.75, 3.05) is 0 Å². The fourth-order valence-electron chi connectivity index (χ4n) is 2.78. The summed E-state index contributed by atoms with van der Waals surface area (Å²) >= 11 is 3.21. The number of benzene rings is 2. The van der Waals surface area contributed by atoms with Crippen LogP contribution >= 0.6 is 15.9 Å². The zero-order valence-corrected chi connectivity index (χ0v) is 18.1. The third-order valence-electron chi connectivity index (χ3n) is 4.41. The summed E-state index contributed by atoms with van der Waals surface area (Å²) in [5, 5.41) is 5.09. The van der Waals surface area contributed by atoms with Gasteiger partial charge in [-0.2, -0.15) is 0 Å². The lowest BCUT2D eigenvalue weighted by Crippen LogP contribution is -2.24. The van der Waals surface area contributed by atoms with Gasteiger partial charge < -0.3 is 9.30 Å². The largest absolute Gasteiger partial charge is 0.487 e. The van der Waals surface area contributed by atoms with Gasteiger partial charge in [0.1, 0.15) is 28.5 Å². The van der Waals surface area contributed by atoms with Crippen LogP contribution in [0.25, 0.3) is 0 Å². The van der Waals surface area contributed by atoms with Crippen molar-refractivity contribution in [2.45, 2.75) is 25.0 Å². The fourth-order valence-corrected chi connectivity index (χ4v) is 3.74. The Labute approximate surface area is 180 Å². The van der Waals surface area contributed by atoms with Gasteiger partial charge in [0.2, 0.25) is 10.0 Å². The van der Waals surface area contributed by atoms with E-state index < -0.39 is 21.7 Å². The highest BCUT2D eigenvalue weighted by Crippen LogP contribution is 2.24. The summed E-state index contributed by atoms with van der Waals surface area (Å²) in [5.74, 6) is -1.20. The number of rotatable bonds is 6. The van der Waals surface area contributed by atoms with Gasteiger partial charge in [-0.05, 0) is 52.7 Å². The van der Waals surface area contributed by atoms with Crippen LogP contribution in [0.15, 0.2) is 62.7 Å². The molecule has 0 aliphatic rings.